The third-order valence-corrected chi connectivity index (χ3v) is 9.12. The van der Waals surface area contributed by atoms with Crippen LogP contribution in [0.3, 0.4) is 0 Å². The van der Waals surface area contributed by atoms with Crippen LogP contribution in [0.1, 0.15) is 106 Å². The highest BCUT2D eigenvalue weighted by Crippen LogP contribution is 2.26. The topological polar surface area (TPSA) is 148 Å². The van der Waals surface area contributed by atoms with Gasteiger partial charge in [-0.2, -0.15) is 0 Å². The average molecular weight is 692 g/mol. The van der Waals surface area contributed by atoms with E-state index in [1.807, 2.05) is 56.1 Å². The van der Waals surface area contributed by atoms with Crippen LogP contribution < -0.4 is 0 Å². The molecule has 3 N–H and O–H groups in total. The number of likely N-dealkylation sites (N-methyl/N-ethyl adjacent to an activating group) is 3. The Hall–Kier alpha value is -2.86. The maximum Gasteiger partial charge on any atom is 0.335 e. The van der Waals surface area contributed by atoms with E-state index in [0.717, 1.165) is 5.56 Å². The van der Waals surface area contributed by atoms with E-state index < -0.39 is 66.1 Å². The van der Waals surface area contributed by atoms with Crippen molar-refractivity contribution in [2.24, 2.45) is 11.8 Å². The molecule has 8 atom stereocenters. The van der Waals surface area contributed by atoms with Gasteiger partial charge in [0.05, 0.1) is 24.3 Å². The third kappa shape index (κ3) is 15.3. The predicted octanol–water partition coefficient (Wildman–Crippen LogP) is 4.20. The Morgan fingerprint density at radius 3 is 1.65 bits per heavy atom. The molecular formula is C38H65N3O8. The van der Waals surface area contributed by atoms with Gasteiger partial charge in [-0.25, -0.2) is 4.79 Å². The van der Waals surface area contributed by atoms with Crippen molar-refractivity contribution in [1.82, 2.24) is 14.7 Å². The average Bonchev–Trinajstić information content (AvgIpc) is 2.99. The molecule has 2 amide bonds. The van der Waals surface area contributed by atoms with Crippen LogP contribution in [0.2, 0.25) is 0 Å². The number of rotatable bonds is 21. The normalized spacial score (nSPS) is 16.9. The van der Waals surface area contributed by atoms with Crippen LogP contribution in [0.25, 0.3) is 0 Å². The van der Waals surface area contributed by atoms with Crippen molar-refractivity contribution < 1.29 is 39.2 Å². The maximum atomic E-state index is 14.6. The molecule has 49 heavy (non-hydrogen) atoms. The summed E-state index contributed by atoms with van der Waals surface area (Å²) in [5.74, 6) is -2.79. The van der Waals surface area contributed by atoms with Gasteiger partial charge in [0.15, 0.2) is 11.9 Å². The van der Waals surface area contributed by atoms with Crippen LogP contribution in [-0.4, -0.2) is 117 Å². The van der Waals surface area contributed by atoms with Crippen LogP contribution in [0, 0.1) is 11.8 Å². The van der Waals surface area contributed by atoms with Gasteiger partial charge >= 0.3 is 5.97 Å². The van der Waals surface area contributed by atoms with E-state index in [0.29, 0.717) is 45.1 Å². The largest absolute Gasteiger partial charge is 0.458 e. The fourth-order valence-corrected chi connectivity index (χ4v) is 6.23. The molecule has 0 saturated carbocycles. The molecule has 0 aromatic heterocycles. The van der Waals surface area contributed by atoms with E-state index in [1.165, 1.54) is 16.8 Å². The molecule has 0 saturated heterocycles. The molecule has 0 radical (unpaired) electrons. The minimum atomic E-state index is -1.71. The molecule has 1 aromatic carbocycles. The zero-order valence-corrected chi connectivity index (χ0v) is 31.9. The number of ether oxygens (including phenoxy) is 1. The van der Waals surface area contributed by atoms with Crippen LogP contribution in [0.5, 0.6) is 0 Å². The first-order chi connectivity index (χ1) is 22.7. The highest BCUT2D eigenvalue weighted by molar-refractivity contribution is 5.95. The second kappa shape index (κ2) is 20.7. The quantitative estimate of drug-likeness (QED) is 0.161. The number of nitrogens with zero attached hydrogens (tertiary/aromatic N) is 3. The Morgan fingerprint density at radius 1 is 0.714 bits per heavy atom. The zero-order valence-electron chi connectivity index (χ0n) is 31.9. The van der Waals surface area contributed by atoms with Crippen LogP contribution in [0.4, 0.5) is 0 Å². The van der Waals surface area contributed by atoms with E-state index >= 15 is 0 Å². The van der Waals surface area contributed by atoms with Gasteiger partial charge in [-0.3, -0.25) is 19.3 Å². The number of Topliss-reactive ketones (excluding diaryl/α,β-unsaturated/α-hetero) is 1. The number of hydrogen-bond donors (Lipinski definition) is 3. The third-order valence-electron chi connectivity index (χ3n) is 9.12. The fraction of sp³-hybridized carbons (Fsp3) is 0.737. The van der Waals surface area contributed by atoms with Gasteiger partial charge in [-0.05, 0) is 91.7 Å². The number of aliphatic hydroxyl groups is 3. The summed E-state index contributed by atoms with van der Waals surface area (Å²) in [6.45, 7) is 14.5. The SMILES string of the molecule is CC(O)CCC[C@H](C)[C@@H](C(=O)CC(O)C(=O)OC(C)(C)C)N(C)C(=O)[C@H]([C@@H](C)CCCC(C)O)N(C)C(=O)[C@H](C)N(C)Cc1ccccc1. The lowest BCUT2D eigenvalue weighted by Crippen LogP contribution is -2.58. The number of esters is 1. The minimum absolute atomic E-state index is 0.249. The zero-order chi connectivity index (χ0) is 37.6. The fourth-order valence-electron chi connectivity index (χ4n) is 6.23. The molecule has 11 heteroatoms. The molecule has 0 spiro atoms. The number of ketones is 1. The summed E-state index contributed by atoms with van der Waals surface area (Å²) < 4.78 is 5.29. The first-order valence-electron chi connectivity index (χ1n) is 17.7. The van der Waals surface area contributed by atoms with Crippen molar-refractivity contribution in [1.29, 1.82) is 0 Å². The summed E-state index contributed by atoms with van der Waals surface area (Å²) in [5.41, 5.74) is 0.188. The summed E-state index contributed by atoms with van der Waals surface area (Å²) in [6.07, 6.45) is 0.0780. The number of benzene rings is 1. The molecule has 280 valence electrons. The summed E-state index contributed by atoms with van der Waals surface area (Å²) in [5, 5.41) is 30.4. The number of carbonyl (C=O) groups excluding carboxylic acids is 4. The summed E-state index contributed by atoms with van der Waals surface area (Å²) in [7, 11) is 5.01. The van der Waals surface area contributed by atoms with Crippen molar-refractivity contribution in [2.45, 2.75) is 149 Å². The molecule has 1 aromatic rings. The highest BCUT2D eigenvalue weighted by atomic mass is 16.6. The first kappa shape index (κ1) is 44.2. The van der Waals surface area contributed by atoms with Crippen LogP contribution in [0.15, 0.2) is 30.3 Å². The van der Waals surface area contributed by atoms with Gasteiger partial charge in [0.2, 0.25) is 11.8 Å². The summed E-state index contributed by atoms with van der Waals surface area (Å²) in [4.78, 5) is 59.8. The van der Waals surface area contributed by atoms with E-state index in [-0.39, 0.29) is 17.7 Å². The second-order valence-electron chi connectivity index (χ2n) is 15.1. The molecule has 0 bridgehead atoms. The van der Waals surface area contributed by atoms with E-state index in [4.69, 9.17) is 4.74 Å². The molecule has 11 nitrogen and oxygen atoms in total. The molecule has 0 aliphatic heterocycles. The molecule has 3 unspecified atom stereocenters. The summed E-state index contributed by atoms with van der Waals surface area (Å²) >= 11 is 0. The smallest absolute Gasteiger partial charge is 0.335 e. The van der Waals surface area contributed by atoms with E-state index in [2.05, 4.69) is 0 Å². The number of aliphatic hydroxyl groups excluding tert-OH is 3. The molecule has 0 fully saturated rings. The van der Waals surface area contributed by atoms with Crippen molar-refractivity contribution in [3.63, 3.8) is 0 Å². The number of amides is 2. The monoisotopic (exact) mass is 691 g/mol. The van der Waals surface area contributed by atoms with Gasteiger partial charge in [0.25, 0.3) is 0 Å². The van der Waals surface area contributed by atoms with Crippen LogP contribution in [-0.2, 0) is 30.5 Å². The van der Waals surface area contributed by atoms with Gasteiger partial charge in [-0.15, -0.1) is 0 Å². The van der Waals surface area contributed by atoms with Gasteiger partial charge in [0, 0.05) is 27.1 Å². The van der Waals surface area contributed by atoms with Crippen LogP contribution >= 0.6 is 0 Å². The first-order valence-corrected chi connectivity index (χ1v) is 17.7. The predicted molar refractivity (Wildman–Crippen MR) is 191 cm³/mol. The molecule has 0 aliphatic carbocycles. The minimum Gasteiger partial charge on any atom is -0.458 e. The Labute approximate surface area is 295 Å². The van der Waals surface area contributed by atoms with E-state index in [1.54, 1.807) is 48.6 Å². The number of carbonyl (C=O) groups is 4. The van der Waals surface area contributed by atoms with E-state index in [9.17, 15) is 34.5 Å². The Balaban J connectivity index is 3.44. The molecule has 1 rings (SSSR count). The van der Waals surface area contributed by atoms with Gasteiger partial charge < -0.3 is 29.9 Å². The molecule has 0 heterocycles. The Morgan fingerprint density at radius 2 is 1.18 bits per heavy atom. The maximum absolute atomic E-state index is 14.6. The van der Waals surface area contributed by atoms with Gasteiger partial charge in [0.1, 0.15) is 11.6 Å². The lowest BCUT2D eigenvalue weighted by Gasteiger charge is -2.40. The van der Waals surface area contributed by atoms with Crippen molar-refractivity contribution >= 4 is 23.6 Å². The lowest BCUT2D eigenvalue weighted by atomic mass is 9.87. The second-order valence-corrected chi connectivity index (χ2v) is 15.1. The Bertz CT molecular complexity index is 1170. The standard InChI is InChI=1S/C38H65N3O8/c1-25(17-15-19-27(3)42)33(31(44)23-32(45)37(48)49-38(6,7)8)40(10)36(47)34(26(2)18-16-20-28(4)43)41(11)35(46)29(5)39(9)24-30-21-13-12-14-22-30/h12-14,21-22,25-29,32-34,42-43,45H,15-20,23-24H2,1-11H3/t25-,26-,27?,28?,29-,32?,33-,34-/m0/s1. The lowest BCUT2D eigenvalue weighted by molar-refractivity contribution is -0.167. The number of hydrogen-bond acceptors (Lipinski definition) is 9. The van der Waals surface area contributed by atoms with Crippen molar-refractivity contribution in [3.05, 3.63) is 35.9 Å². The molecule has 0 aliphatic rings. The Kier molecular flexibility index (Phi) is 18.7. The van der Waals surface area contributed by atoms with Gasteiger partial charge in [-0.1, -0.05) is 57.0 Å². The van der Waals surface area contributed by atoms with Crippen molar-refractivity contribution in [3.8, 4) is 0 Å². The van der Waals surface area contributed by atoms with Crippen molar-refractivity contribution in [2.75, 3.05) is 21.1 Å². The summed E-state index contributed by atoms with van der Waals surface area (Å²) in [6, 6.07) is 7.30. The molecular weight excluding hydrogens is 626 g/mol. The highest BCUT2D eigenvalue weighted by Gasteiger charge is 2.41.